The van der Waals surface area contributed by atoms with E-state index in [9.17, 15) is 19.0 Å². The zero-order valence-corrected chi connectivity index (χ0v) is 35.7. The summed E-state index contributed by atoms with van der Waals surface area (Å²) in [6.07, 6.45) is 39.9. The lowest BCUT2D eigenvalue weighted by atomic mass is 10.0. The lowest BCUT2D eigenvalue weighted by Crippen LogP contribution is -2.29. The Hall–Kier alpha value is -0.990. The molecule has 0 spiro atoms. The summed E-state index contributed by atoms with van der Waals surface area (Å²) in [5, 5.41) is 0. The molecule has 3 N–H and O–H groups in total. The summed E-state index contributed by atoms with van der Waals surface area (Å²) in [5.74, 6) is -0.812. The average molecular weight is 776 g/mol. The normalized spacial score (nSPS) is 13.2. The molecule has 53 heavy (non-hydrogen) atoms. The highest BCUT2D eigenvalue weighted by atomic mass is 31.2. The number of carbonyl (C=O) groups excluding carboxylic acids is 2. The predicted octanol–water partition coefficient (Wildman–Crippen LogP) is 12.8. The standard InChI is InChI=1S/C43H86NO8P/c1-3-5-7-9-11-13-15-17-18-19-20-21-22-24-25-27-29-31-33-35-42(45)49-39-41(40-51-53(47,48)50-38-37-44)52-43(46)36-34-32-30-28-26-23-16-14-12-10-8-6-4-2/h41H,3-40,44H2,1-2H3,(H,47,48)/t41-/m1/s1. The lowest BCUT2D eigenvalue weighted by molar-refractivity contribution is -0.161. The Morgan fingerprint density at radius 3 is 1.15 bits per heavy atom. The van der Waals surface area contributed by atoms with Crippen molar-refractivity contribution in [2.75, 3.05) is 26.4 Å². The summed E-state index contributed by atoms with van der Waals surface area (Å²) in [4.78, 5) is 34.9. The summed E-state index contributed by atoms with van der Waals surface area (Å²) in [6, 6.07) is 0. The van der Waals surface area contributed by atoms with Gasteiger partial charge in [0.25, 0.3) is 0 Å². The van der Waals surface area contributed by atoms with Crippen molar-refractivity contribution in [1.29, 1.82) is 0 Å². The largest absolute Gasteiger partial charge is 0.472 e. The SMILES string of the molecule is CCCCCCCCCCCCCCCCCCCCCC(=O)OC[C@H](COP(=O)(O)OCCN)OC(=O)CCCCCCCCCCCCCCC. The van der Waals surface area contributed by atoms with Crippen LogP contribution in [-0.4, -0.2) is 49.3 Å². The first-order chi connectivity index (χ1) is 25.8. The zero-order chi connectivity index (χ0) is 38.9. The number of unbranched alkanes of at least 4 members (excludes halogenated alkanes) is 30. The van der Waals surface area contributed by atoms with Gasteiger partial charge in [0, 0.05) is 19.4 Å². The highest BCUT2D eigenvalue weighted by Gasteiger charge is 2.26. The Balaban J connectivity index is 4.04. The van der Waals surface area contributed by atoms with Crippen LogP contribution in [0.2, 0.25) is 0 Å². The molecule has 0 rings (SSSR count). The molecular weight excluding hydrogens is 689 g/mol. The molecule has 0 radical (unpaired) electrons. The van der Waals surface area contributed by atoms with Gasteiger partial charge in [0.05, 0.1) is 13.2 Å². The molecule has 316 valence electrons. The van der Waals surface area contributed by atoms with Gasteiger partial charge in [-0.05, 0) is 12.8 Å². The van der Waals surface area contributed by atoms with Gasteiger partial charge in [-0.15, -0.1) is 0 Å². The van der Waals surface area contributed by atoms with Crippen LogP contribution in [0.5, 0.6) is 0 Å². The van der Waals surface area contributed by atoms with Gasteiger partial charge in [0.2, 0.25) is 0 Å². The van der Waals surface area contributed by atoms with Gasteiger partial charge < -0.3 is 20.1 Å². The summed E-state index contributed by atoms with van der Waals surface area (Å²) in [6.45, 7) is 3.77. The molecule has 0 aromatic rings. The summed E-state index contributed by atoms with van der Waals surface area (Å²) in [7, 11) is -4.37. The number of esters is 2. The van der Waals surface area contributed by atoms with E-state index in [1.54, 1.807) is 0 Å². The van der Waals surface area contributed by atoms with E-state index in [1.165, 1.54) is 167 Å². The molecule has 1 unspecified atom stereocenters. The van der Waals surface area contributed by atoms with Gasteiger partial charge in [-0.2, -0.15) is 0 Å². The summed E-state index contributed by atoms with van der Waals surface area (Å²) < 4.78 is 32.8. The molecule has 0 aliphatic rings. The number of hydrogen-bond acceptors (Lipinski definition) is 8. The first-order valence-corrected chi connectivity index (χ1v) is 24.0. The number of phosphoric acid groups is 1. The maximum Gasteiger partial charge on any atom is 0.472 e. The van der Waals surface area contributed by atoms with Gasteiger partial charge in [0.15, 0.2) is 6.10 Å². The Kier molecular flexibility index (Phi) is 39.9. The molecule has 0 amide bonds. The maximum absolute atomic E-state index is 12.6. The van der Waals surface area contributed by atoms with Gasteiger partial charge in [0.1, 0.15) is 6.61 Å². The smallest absolute Gasteiger partial charge is 0.462 e. The Labute approximate surface area is 327 Å². The molecule has 0 aliphatic heterocycles. The average Bonchev–Trinajstić information content (AvgIpc) is 3.14. The fourth-order valence-corrected chi connectivity index (χ4v) is 7.40. The Morgan fingerprint density at radius 1 is 0.491 bits per heavy atom. The van der Waals surface area contributed by atoms with E-state index in [0.29, 0.717) is 6.42 Å². The van der Waals surface area contributed by atoms with E-state index in [2.05, 4.69) is 13.8 Å². The van der Waals surface area contributed by atoms with E-state index in [1.807, 2.05) is 0 Å². The number of carbonyl (C=O) groups is 2. The first kappa shape index (κ1) is 52.0. The second-order valence-electron chi connectivity index (χ2n) is 15.3. The van der Waals surface area contributed by atoms with Crippen LogP contribution in [0.15, 0.2) is 0 Å². The number of nitrogens with two attached hydrogens (primary N) is 1. The molecule has 0 aromatic carbocycles. The second-order valence-corrected chi connectivity index (χ2v) is 16.7. The van der Waals surface area contributed by atoms with Crippen LogP contribution >= 0.6 is 7.82 Å². The lowest BCUT2D eigenvalue weighted by Gasteiger charge is -2.19. The number of hydrogen-bond donors (Lipinski definition) is 2. The highest BCUT2D eigenvalue weighted by molar-refractivity contribution is 7.47. The van der Waals surface area contributed by atoms with E-state index >= 15 is 0 Å². The van der Waals surface area contributed by atoms with Crippen molar-refractivity contribution in [2.24, 2.45) is 5.73 Å². The molecule has 0 saturated heterocycles. The van der Waals surface area contributed by atoms with Crippen LogP contribution in [0.3, 0.4) is 0 Å². The minimum Gasteiger partial charge on any atom is -0.462 e. The van der Waals surface area contributed by atoms with E-state index in [-0.39, 0.29) is 38.6 Å². The van der Waals surface area contributed by atoms with Crippen molar-refractivity contribution in [3.05, 3.63) is 0 Å². The molecule has 0 aromatic heterocycles. The second kappa shape index (κ2) is 40.7. The van der Waals surface area contributed by atoms with Crippen molar-refractivity contribution in [2.45, 2.75) is 238 Å². The van der Waals surface area contributed by atoms with Crippen LogP contribution in [0.1, 0.15) is 232 Å². The Morgan fingerprint density at radius 2 is 0.811 bits per heavy atom. The predicted molar refractivity (Wildman–Crippen MR) is 220 cm³/mol. The Bertz CT molecular complexity index is 845. The van der Waals surface area contributed by atoms with Crippen molar-refractivity contribution in [3.8, 4) is 0 Å². The zero-order valence-electron chi connectivity index (χ0n) is 34.8. The molecule has 0 fully saturated rings. The number of phosphoric ester groups is 1. The molecule has 0 heterocycles. The fourth-order valence-electron chi connectivity index (χ4n) is 6.64. The van der Waals surface area contributed by atoms with Crippen molar-refractivity contribution in [3.63, 3.8) is 0 Å². The van der Waals surface area contributed by atoms with Crippen molar-refractivity contribution in [1.82, 2.24) is 0 Å². The van der Waals surface area contributed by atoms with Gasteiger partial charge in [-0.25, -0.2) is 4.57 Å². The number of rotatable bonds is 43. The molecule has 0 bridgehead atoms. The molecule has 0 saturated carbocycles. The number of ether oxygens (including phenoxy) is 2. The summed E-state index contributed by atoms with van der Waals surface area (Å²) >= 11 is 0. The van der Waals surface area contributed by atoms with Crippen LogP contribution in [0.25, 0.3) is 0 Å². The van der Waals surface area contributed by atoms with Crippen LogP contribution in [0.4, 0.5) is 0 Å². The minimum atomic E-state index is -4.37. The molecule has 10 heteroatoms. The third-order valence-corrected chi connectivity index (χ3v) is 11.0. The first-order valence-electron chi connectivity index (χ1n) is 22.5. The molecule has 9 nitrogen and oxygen atoms in total. The molecule has 2 atom stereocenters. The topological polar surface area (TPSA) is 134 Å². The fraction of sp³-hybridized carbons (Fsp3) is 0.953. The van der Waals surface area contributed by atoms with Crippen LogP contribution in [0, 0.1) is 0 Å². The summed E-state index contributed by atoms with van der Waals surface area (Å²) in [5.41, 5.74) is 5.35. The van der Waals surface area contributed by atoms with Gasteiger partial charge >= 0.3 is 19.8 Å². The van der Waals surface area contributed by atoms with E-state index < -0.39 is 26.5 Å². The molecular formula is C43H86NO8P. The van der Waals surface area contributed by atoms with E-state index in [4.69, 9.17) is 24.3 Å². The van der Waals surface area contributed by atoms with Crippen molar-refractivity contribution >= 4 is 19.8 Å². The maximum atomic E-state index is 12.6. The van der Waals surface area contributed by atoms with Gasteiger partial charge in [-0.1, -0.05) is 206 Å². The quantitative estimate of drug-likeness (QED) is 0.0352. The van der Waals surface area contributed by atoms with Crippen molar-refractivity contribution < 1.29 is 37.6 Å². The minimum absolute atomic E-state index is 0.0581. The van der Waals surface area contributed by atoms with Crippen LogP contribution < -0.4 is 5.73 Å². The third-order valence-electron chi connectivity index (χ3n) is 9.99. The van der Waals surface area contributed by atoms with Gasteiger partial charge in [-0.3, -0.25) is 18.6 Å². The molecule has 0 aliphatic carbocycles. The van der Waals surface area contributed by atoms with Crippen LogP contribution in [-0.2, 0) is 32.7 Å². The monoisotopic (exact) mass is 776 g/mol. The third kappa shape index (κ3) is 40.5. The van der Waals surface area contributed by atoms with E-state index in [0.717, 1.165) is 32.1 Å². The highest BCUT2D eigenvalue weighted by Crippen LogP contribution is 2.43.